The normalized spacial score (nSPS) is 11.8. The first-order valence-electron chi connectivity index (χ1n) is 8.81. The molecule has 0 unspecified atom stereocenters. The number of hydrogen-bond acceptors (Lipinski definition) is 2. The van der Waals surface area contributed by atoms with Crippen molar-refractivity contribution >= 4 is 29.9 Å². The van der Waals surface area contributed by atoms with Crippen LogP contribution in [0.3, 0.4) is 0 Å². The summed E-state index contributed by atoms with van der Waals surface area (Å²) < 4.78 is 43.0. The van der Waals surface area contributed by atoms with Gasteiger partial charge in [-0.2, -0.15) is 13.2 Å². The van der Waals surface area contributed by atoms with Gasteiger partial charge in [0.05, 0.1) is 13.2 Å². The third-order valence-corrected chi connectivity index (χ3v) is 3.65. The Morgan fingerprint density at radius 2 is 1.71 bits per heavy atom. The van der Waals surface area contributed by atoms with Crippen LogP contribution in [-0.4, -0.2) is 36.4 Å². The lowest BCUT2D eigenvalue weighted by atomic mass is 10.1. The lowest BCUT2D eigenvalue weighted by Crippen LogP contribution is -2.38. The fourth-order valence-electron chi connectivity index (χ4n) is 2.36. The van der Waals surface area contributed by atoms with Gasteiger partial charge in [-0.25, -0.2) is 4.99 Å². The van der Waals surface area contributed by atoms with Crippen LogP contribution in [0.5, 0.6) is 0 Å². The topological polar surface area (TPSA) is 50.6 Å². The zero-order valence-electron chi connectivity index (χ0n) is 15.7. The maximum Gasteiger partial charge on any atom is 0.411 e. The first kappa shape index (κ1) is 24.3. The minimum Gasteiger partial charge on any atom is -0.367 e. The molecular weight excluding hydrogens is 484 g/mol. The van der Waals surface area contributed by atoms with Gasteiger partial charge in [0.15, 0.2) is 5.96 Å². The molecule has 0 spiro atoms. The van der Waals surface area contributed by atoms with Crippen LogP contribution in [0.2, 0.25) is 0 Å². The van der Waals surface area contributed by atoms with Crippen molar-refractivity contribution in [3.05, 3.63) is 59.9 Å². The molecule has 0 aliphatic rings. The predicted octanol–water partition coefficient (Wildman–Crippen LogP) is 3.94. The lowest BCUT2D eigenvalue weighted by molar-refractivity contribution is -0.176. The van der Waals surface area contributed by atoms with Gasteiger partial charge in [-0.05, 0) is 30.2 Å². The third-order valence-electron chi connectivity index (χ3n) is 3.65. The van der Waals surface area contributed by atoms with Crippen LogP contribution in [0.25, 0.3) is 0 Å². The number of aromatic nitrogens is 1. The van der Waals surface area contributed by atoms with Gasteiger partial charge in [0, 0.05) is 32.0 Å². The number of nitrogens with one attached hydrogen (secondary N) is 2. The van der Waals surface area contributed by atoms with Crippen LogP contribution >= 0.6 is 24.0 Å². The minimum absolute atomic E-state index is 0. The number of ether oxygens (including phenoxy) is 1. The Labute approximate surface area is 180 Å². The summed E-state index contributed by atoms with van der Waals surface area (Å²) in [5.41, 5.74) is 1.67. The zero-order chi connectivity index (χ0) is 19.5. The number of benzene rings is 1. The number of hydrogen-bond donors (Lipinski definition) is 2. The molecule has 2 aromatic rings. The van der Waals surface area contributed by atoms with Gasteiger partial charge < -0.3 is 19.9 Å². The summed E-state index contributed by atoms with van der Waals surface area (Å²) in [7, 11) is 0. The van der Waals surface area contributed by atoms with E-state index in [0.717, 1.165) is 31.2 Å². The molecule has 1 heterocycles. The molecule has 0 radical (unpaired) electrons. The van der Waals surface area contributed by atoms with E-state index < -0.39 is 12.8 Å². The number of aliphatic imine (C=N–C) groups is 1. The van der Waals surface area contributed by atoms with Crippen molar-refractivity contribution in [2.45, 2.75) is 32.8 Å². The fourth-order valence-corrected chi connectivity index (χ4v) is 2.36. The summed E-state index contributed by atoms with van der Waals surface area (Å²) >= 11 is 0. The summed E-state index contributed by atoms with van der Waals surface area (Å²) in [5.74, 6) is 0.724. The highest BCUT2D eigenvalue weighted by Gasteiger charge is 2.27. The molecule has 0 saturated heterocycles. The maximum absolute atomic E-state index is 12.1. The van der Waals surface area contributed by atoms with Gasteiger partial charge in [0.2, 0.25) is 0 Å². The second-order valence-electron chi connectivity index (χ2n) is 5.97. The number of rotatable bonds is 9. The zero-order valence-corrected chi connectivity index (χ0v) is 18.0. The Kier molecular flexibility index (Phi) is 11.0. The van der Waals surface area contributed by atoms with E-state index in [1.807, 2.05) is 43.6 Å². The van der Waals surface area contributed by atoms with E-state index >= 15 is 0 Å². The van der Waals surface area contributed by atoms with Crippen molar-refractivity contribution in [1.29, 1.82) is 0 Å². The standard InChI is InChI=1S/C19H25F3N4O.HI/c1-2-23-18(24-9-12-26-10-3-4-11-26)25-13-16-5-7-17(8-6-16)14-27-15-19(20,21)22;/h3-8,10-11H,2,9,12-15H2,1H3,(H2,23,24,25);1H. The molecule has 0 aliphatic heterocycles. The molecule has 0 fully saturated rings. The van der Waals surface area contributed by atoms with Gasteiger partial charge in [0.1, 0.15) is 6.61 Å². The molecule has 5 nitrogen and oxygen atoms in total. The van der Waals surface area contributed by atoms with Crippen molar-refractivity contribution < 1.29 is 17.9 Å². The van der Waals surface area contributed by atoms with E-state index in [0.29, 0.717) is 12.1 Å². The molecule has 1 aromatic carbocycles. The highest BCUT2D eigenvalue weighted by atomic mass is 127. The monoisotopic (exact) mass is 510 g/mol. The molecule has 9 heteroatoms. The van der Waals surface area contributed by atoms with E-state index in [1.54, 1.807) is 12.1 Å². The van der Waals surface area contributed by atoms with Crippen LogP contribution in [0.15, 0.2) is 53.8 Å². The molecule has 2 N–H and O–H groups in total. The van der Waals surface area contributed by atoms with E-state index in [1.165, 1.54) is 0 Å². The van der Waals surface area contributed by atoms with Crippen molar-refractivity contribution in [2.24, 2.45) is 4.99 Å². The Hall–Kier alpha value is -1.75. The Balaban J connectivity index is 0.00000392. The van der Waals surface area contributed by atoms with E-state index in [4.69, 9.17) is 0 Å². The smallest absolute Gasteiger partial charge is 0.367 e. The predicted molar refractivity (Wildman–Crippen MR) is 115 cm³/mol. The largest absolute Gasteiger partial charge is 0.411 e. The summed E-state index contributed by atoms with van der Waals surface area (Å²) in [6.07, 6.45) is -0.289. The van der Waals surface area contributed by atoms with Gasteiger partial charge >= 0.3 is 6.18 Å². The molecule has 28 heavy (non-hydrogen) atoms. The maximum atomic E-state index is 12.1. The van der Waals surface area contributed by atoms with Crippen LogP contribution < -0.4 is 10.6 Å². The van der Waals surface area contributed by atoms with Gasteiger partial charge in [-0.3, -0.25) is 0 Å². The van der Waals surface area contributed by atoms with Crippen molar-refractivity contribution in [1.82, 2.24) is 15.2 Å². The number of guanidine groups is 1. The fraction of sp³-hybridized carbons (Fsp3) is 0.421. The summed E-state index contributed by atoms with van der Waals surface area (Å²) in [4.78, 5) is 4.53. The Morgan fingerprint density at radius 3 is 2.32 bits per heavy atom. The highest BCUT2D eigenvalue weighted by Crippen LogP contribution is 2.16. The van der Waals surface area contributed by atoms with Crippen molar-refractivity contribution in [3.8, 4) is 0 Å². The molecular formula is C19H26F3IN4O. The molecule has 2 rings (SSSR count). The first-order chi connectivity index (χ1) is 13.0. The van der Waals surface area contributed by atoms with Crippen LogP contribution in [0, 0.1) is 0 Å². The summed E-state index contributed by atoms with van der Waals surface area (Å²) in [5, 5.41) is 6.46. The number of nitrogens with zero attached hydrogens (tertiary/aromatic N) is 2. The minimum atomic E-state index is -4.30. The van der Waals surface area contributed by atoms with Crippen molar-refractivity contribution in [3.63, 3.8) is 0 Å². The molecule has 0 bridgehead atoms. The lowest BCUT2D eigenvalue weighted by Gasteiger charge is -2.12. The molecule has 1 aromatic heterocycles. The van der Waals surface area contributed by atoms with Crippen LogP contribution in [-0.2, 0) is 24.4 Å². The van der Waals surface area contributed by atoms with Gasteiger partial charge in [-0.15, -0.1) is 24.0 Å². The first-order valence-corrected chi connectivity index (χ1v) is 8.81. The average Bonchev–Trinajstić information content (AvgIpc) is 3.13. The van der Waals surface area contributed by atoms with E-state index in [9.17, 15) is 13.2 Å². The third kappa shape index (κ3) is 9.98. The second-order valence-corrected chi connectivity index (χ2v) is 5.97. The van der Waals surface area contributed by atoms with E-state index in [2.05, 4.69) is 24.9 Å². The van der Waals surface area contributed by atoms with Gasteiger partial charge in [0.25, 0.3) is 0 Å². The number of alkyl halides is 3. The van der Waals surface area contributed by atoms with Crippen LogP contribution in [0.4, 0.5) is 13.2 Å². The second kappa shape index (κ2) is 12.7. The number of halogens is 4. The summed E-state index contributed by atoms with van der Waals surface area (Å²) in [6.45, 7) is 3.51. The highest BCUT2D eigenvalue weighted by molar-refractivity contribution is 14.0. The summed E-state index contributed by atoms with van der Waals surface area (Å²) in [6, 6.07) is 11.2. The molecule has 156 valence electrons. The molecule has 0 amide bonds. The van der Waals surface area contributed by atoms with E-state index in [-0.39, 0.29) is 30.6 Å². The average molecular weight is 510 g/mol. The quantitative estimate of drug-likeness (QED) is 0.306. The van der Waals surface area contributed by atoms with Crippen molar-refractivity contribution in [2.75, 3.05) is 19.7 Å². The Bertz CT molecular complexity index is 688. The Morgan fingerprint density at radius 1 is 1.07 bits per heavy atom. The van der Waals surface area contributed by atoms with Crippen LogP contribution in [0.1, 0.15) is 18.1 Å². The molecule has 0 saturated carbocycles. The SMILES string of the molecule is CCNC(=NCc1ccc(COCC(F)(F)F)cc1)NCCn1cccc1.I. The van der Waals surface area contributed by atoms with Gasteiger partial charge in [-0.1, -0.05) is 24.3 Å². The molecule has 0 aliphatic carbocycles. The molecule has 0 atom stereocenters.